The highest BCUT2D eigenvalue weighted by Crippen LogP contribution is 2.50. The van der Waals surface area contributed by atoms with Crippen molar-refractivity contribution in [3.63, 3.8) is 0 Å². The van der Waals surface area contributed by atoms with E-state index in [-0.39, 0.29) is 17.9 Å². The number of alkyl carbamates (subject to hydrolysis) is 2. The lowest BCUT2D eigenvalue weighted by Crippen LogP contribution is -2.56. The third-order valence-corrected chi connectivity index (χ3v) is 16.1. The minimum Gasteiger partial charge on any atom is -0.464 e. The van der Waals surface area contributed by atoms with Crippen LogP contribution < -0.4 is 15.4 Å². The Morgan fingerprint density at radius 1 is 0.792 bits per heavy atom. The van der Waals surface area contributed by atoms with Crippen LogP contribution in [0.5, 0.6) is 5.75 Å². The van der Waals surface area contributed by atoms with Gasteiger partial charge >= 0.3 is 12.2 Å². The van der Waals surface area contributed by atoms with Gasteiger partial charge in [0.15, 0.2) is 0 Å². The molecule has 1 aliphatic carbocycles. The zero-order chi connectivity index (χ0) is 50.0. The van der Waals surface area contributed by atoms with Gasteiger partial charge in [-0.15, -0.1) is 11.3 Å². The minimum atomic E-state index is -2.06. The number of benzene rings is 2. The van der Waals surface area contributed by atoms with E-state index in [0.717, 1.165) is 47.7 Å². The molecule has 0 bridgehead atoms. The molecule has 4 fully saturated rings. The number of ether oxygens (including phenoxy) is 4. The number of nitrogens with one attached hydrogen (secondary N) is 4. The van der Waals surface area contributed by atoms with Crippen LogP contribution in [0, 0.1) is 11.7 Å². The molecule has 11 rings (SSSR count). The lowest BCUT2D eigenvalue weighted by Gasteiger charge is -2.34. The molecule has 378 valence electrons. The first-order valence-corrected chi connectivity index (χ1v) is 25.5. The number of halogens is 2. The molecule has 5 aliphatic rings. The summed E-state index contributed by atoms with van der Waals surface area (Å²) in [5.74, 6) is 0.672. The van der Waals surface area contributed by atoms with E-state index in [2.05, 4.69) is 42.0 Å². The number of fused-ring (bicyclic) bond motifs is 5. The van der Waals surface area contributed by atoms with Crippen LogP contribution in [0.15, 0.2) is 60.9 Å². The summed E-state index contributed by atoms with van der Waals surface area (Å²) < 4.78 is 56.5. The lowest BCUT2D eigenvalue weighted by molar-refractivity contribution is -0.138. The number of hydrogen-bond acceptors (Lipinski definition) is 11. The van der Waals surface area contributed by atoms with Gasteiger partial charge in [0.05, 0.1) is 71.7 Å². The lowest BCUT2D eigenvalue weighted by atomic mass is 9.90. The van der Waals surface area contributed by atoms with Crippen molar-refractivity contribution in [3.05, 3.63) is 88.1 Å². The Kier molecular flexibility index (Phi) is 12.5. The molecule has 2 unspecified atom stereocenters. The van der Waals surface area contributed by atoms with Crippen molar-refractivity contribution in [2.75, 3.05) is 40.5 Å². The molecule has 2 aromatic carbocycles. The second-order valence-electron chi connectivity index (χ2n) is 19.9. The zero-order valence-corrected chi connectivity index (χ0v) is 41.3. The largest absolute Gasteiger partial charge is 0.464 e. The molecular formula is C52H57F2N9O8S. The summed E-state index contributed by atoms with van der Waals surface area (Å²) in [4.78, 5) is 74.5. The normalized spacial score (nSPS) is 20.9. The summed E-state index contributed by atoms with van der Waals surface area (Å²) in [6, 6.07) is 12.5. The standard InChI is InChI=1S/C52H57F2N9O8S/c1-52(2,54)44(60-51(67)69-4)48(65)62-18-6-8-37(62)46-55-25-33(57-46)29-11-12-35-31(21-29)23-38-42-32(53)22-30(24-39(42)71-49(63(35)38)41-14-13-40(72-41)27-9-10-27)34-26-56-45(58-34)36-7-5-17-61(36)47(64)43(59-50(66)68-3)28-15-19-70-20-16-28/h11-14,21-28,36-37,43-44,49H,5-10,15-20H2,1-4H3,(H,55,57)(H,56,58)(H,59,66)(H,60,67)/t36-,37-,43-,44?,49?/m0/s1. The fourth-order valence-corrected chi connectivity index (χ4v) is 12.2. The van der Waals surface area contributed by atoms with Crippen molar-refractivity contribution in [3.8, 4) is 39.5 Å². The van der Waals surface area contributed by atoms with E-state index >= 15 is 8.78 Å². The van der Waals surface area contributed by atoms with Gasteiger partial charge in [-0.25, -0.2) is 28.3 Å². The highest BCUT2D eigenvalue weighted by Gasteiger charge is 2.44. The van der Waals surface area contributed by atoms with Gasteiger partial charge in [-0.3, -0.25) is 14.2 Å². The van der Waals surface area contributed by atoms with Crippen LogP contribution in [-0.2, 0) is 23.8 Å². The number of nitrogens with zero attached hydrogens (tertiary/aromatic N) is 5. The van der Waals surface area contributed by atoms with Gasteiger partial charge in [0, 0.05) is 47.7 Å². The Morgan fingerprint density at radius 2 is 1.43 bits per heavy atom. The number of rotatable bonds is 12. The highest BCUT2D eigenvalue weighted by atomic mass is 32.1. The fourth-order valence-electron chi connectivity index (χ4n) is 11.0. The van der Waals surface area contributed by atoms with Crippen LogP contribution in [0.4, 0.5) is 18.4 Å². The van der Waals surface area contributed by atoms with Crippen molar-refractivity contribution in [1.29, 1.82) is 0 Å². The number of aromatic nitrogens is 5. The number of aromatic amines is 2. The molecule has 0 radical (unpaired) electrons. The van der Waals surface area contributed by atoms with Crippen LogP contribution >= 0.6 is 11.3 Å². The Balaban J connectivity index is 0.896. The van der Waals surface area contributed by atoms with Crippen LogP contribution in [0.25, 0.3) is 44.7 Å². The average molecular weight is 1010 g/mol. The first kappa shape index (κ1) is 47.5. The molecule has 0 spiro atoms. The average Bonchev–Trinajstić information content (AvgIpc) is 4.11. The summed E-state index contributed by atoms with van der Waals surface area (Å²) in [5, 5.41) is 6.02. The van der Waals surface area contributed by atoms with Gasteiger partial charge in [-0.1, -0.05) is 6.07 Å². The molecule has 1 saturated carbocycles. The number of hydrogen-bond donors (Lipinski definition) is 4. The van der Waals surface area contributed by atoms with E-state index in [1.54, 1.807) is 33.5 Å². The number of H-pyrrole nitrogens is 2. The zero-order valence-electron chi connectivity index (χ0n) is 40.5. The van der Waals surface area contributed by atoms with Gasteiger partial charge in [0.25, 0.3) is 0 Å². The van der Waals surface area contributed by atoms with E-state index < -0.39 is 53.9 Å². The number of imidazole rings is 2. The number of amides is 4. The highest BCUT2D eigenvalue weighted by molar-refractivity contribution is 7.12. The molecule has 4 amide bonds. The number of thiophene rings is 1. The molecule has 20 heteroatoms. The van der Waals surface area contributed by atoms with Crippen LogP contribution in [0.2, 0.25) is 0 Å². The smallest absolute Gasteiger partial charge is 0.407 e. The maximum absolute atomic E-state index is 17.0. The second kappa shape index (κ2) is 19.0. The Morgan fingerprint density at radius 3 is 2.08 bits per heavy atom. The van der Waals surface area contributed by atoms with E-state index in [9.17, 15) is 19.2 Å². The molecule has 5 atom stereocenters. The molecule has 4 N–H and O–H groups in total. The van der Waals surface area contributed by atoms with Crippen molar-refractivity contribution >= 4 is 46.2 Å². The third kappa shape index (κ3) is 8.85. The number of alkyl halides is 1. The van der Waals surface area contributed by atoms with Gasteiger partial charge in [-0.2, -0.15) is 0 Å². The van der Waals surface area contributed by atoms with E-state index in [1.807, 2.05) is 30.3 Å². The van der Waals surface area contributed by atoms with Crippen molar-refractivity contribution < 1.29 is 46.9 Å². The number of likely N-dealkylation sites (tertiary alicyclic amines) is 2. The van der Waals surface area contributed by atoms with Crippen molar-refractivity contribution in [2.24, 2.45) is 5.92 Å². The SMILES string of the molecule is COC(=O)NC(C(=O)N1CCC[C@H]1c1ncc(-c2ccc3c(c2)cc2n3C(c3ccc(C4CC4)s3)Oc3cc(-c4cnc([C@@H]5CCCN5C(=O)[C@@H](NC(=O)OC)C5CCOCC5)[nH]4)cc(F)c3-2)[nH]1)C(C)(C)F. The first-order chi connectivity index (χ1) is 34.8. The van der Waals surface area contributed by atoms with Gasteiger partial charge in [-0.05, 0) is 120 Å². The number of methoxy groups -OCH3 is 2. The Hall–Kier alpha value is -6.80. The summed E-state index contributed by atoms with van der Waals surface area (Å²) in [7, 11) is 2.44. The van der Waals surface area contributed by atoms with Crippen molar-refractivity contribution in [1.82, 2.24) is 44.9 Å². The summed E-state index contributed by atoms with van der Waals surface area (Å²) in [5.41, 5.74) is 2.36. The second-order valence-corrected chi connectivity index (χ2v) is 21.1. The molecule has 72 heavy (non-hydrogen) atoms. The van der Waals surface area contributed by atoms with E-state index in [0.29, 0.717) is 110 Å². The Labute approximate surface area is 417 Å². The molecule has 6 aromatic rings. The van der Waals surface area contributed by atoms with Crippen LogP contribution in [0.1, 0.15) is 111 Å². The number of carbonyl (C=O) groups excluding carboxylic acids is 4. The maximum atomic E-state index is 17.0. The molecular weight excluding hydrogens is 949 g/mol. The molecule has 17 nitrogen and oxygen atoms in total. The summed E-state index contributed by atoms with van der Waals surface area (Å²) in [6.07, 6.45) is 7.45. The molecule has 8 heterocycles. The Bertz CT molecular complexity index is 3060. The van der Waals surface area contributed by atoms with Crippen LogP contribution in [-0.4, -0.2) is 117 Å². The monoisotopic (exact) mass is 1010 g/mol. The minimum absolute atomic E-state index is 0.105. The van der Waals surface area contributed by atoms with E-state index in [4.69, 9.17) is 24.2 Å². The molecule has 4 aliphatic heterocycles. The molecule has 3 saturated heterocycles. The van der Waals surface area contributed by atoms with Crippen molar-refractivity contribution in [2.45, 2.75) is 107 Å². The first-order valence-electron chi connectivity index (χ1n) is 24.7. The van der Waals surface area contributed by atoms with Gasteiger partial charge in [0.2, 0.25) is 18.0 Å². The molecule has 4 aromatic heterocycles. The van der Waals surface area contributed by atoms with Gasteiger partial charge in [0.1, 0.15) is 41.0 Å². The predicted octanol–water partition coefficient (Wildman–Crippen LogP) is 9.06. The number of carbonyl (C=O) groups is 4. The fraction of sp³-hybridized carbons (Fsp3) is 0.462. The summed E-state index contributed by atoms with van der Waals surface area (Å²) >= 11 is 1.71. The quantitative estimate of drug-likeness (QED) is 0.0918. The van der Waals surface area contributed by atoms with E-state index in [1.165, 1.54) is 31.9 Å². The summed E-state index contributed by atoms with van der Waals surface area (Å²) in [6.45, 7) is 4.37. The predicted molar refractivity (Wildman–Crippen MR) is 262 cm³/mol. The third-order valence-electron chi connectivity index (χ3n) is 14.9. The topological polar surface area (TPSA) is 198 Å². The maximum Gasteiger partial charge on any atom is 0.407 e. The van der Waals surface area contributed by atoms with Crippen LogP contribution in [0.3, 0.4) is 0 Å². The van der Waals surface area contributed by atoms with Gasteiger partial charge < -0.3 is 49.3 Å².